The van der Waals surface area contributed by atoms with E-state index in [1.807, 2.05) is 52.9 Å². The number of carbonyl (C=O) groups is 1. The van der Waals surface area contributed by atoms with Gasteiger partial charge < -0.3 is 19.3 Å². The molecule has 168 valence electrons. The first kappa shape index (κ1) is 20.9. The van der Waals surface area contributed by atoms with Gasteiger partial charge in [0.2, 0.25) is 5.91 Å². The maximum atomic E-state index is 14.8. The van der Waals surface area contributed by atoms with Gasteiger partial charge in [0.15, 0.2) is 0 Å². The highest BCUT2D eigenvalue weighted by molar-refractivity contribution is 5.81. The van der Waals surface area contributed by atoms with Gasteiger partial charge in [-0.3, -0.25) is 4.79 Å². The molecule has 0 bridgehead atoms. The Morgan fingerprint density at radius 3 is 2.41 bits per heavy atom. The zero-order valence-corrected chi connectivity index (χ0v) is 18.8. The molecule has 0 saturated carbocycles. The van der Waals surface area contributed by atoms with Gasteiger partial charge in [-0.25, -0.2) is 9.37 Å². The Morgan fingerprint density at radius 1 is 0.969 bits per heavy atom. The smallest absolute Gasteiger partial charge is 0.225 e. The minimum absolute atomic E-state index is 0.160. The maximum absolute atomic E-state index is 14.8. The number of imidazole rings is 1. The minimum atomic E-state index is -0.275. The van der Waals surface area contributed by atoms with Crippen LogP contribution in [0.15, 0.2) is 42.5 Å². The molecule has 0 unspecified atom stereocenters. The van der Waals surface area contributed by atoms with Gasteiger partial charge in [-0.05, 0) is 63.3 Å². The highest BCUT2D eigenvalue weighted by Crippen LogP contribution is 2.30. The van der Waals surface area contributed by atoms with Crippen molar-refractivity contribution < 1.29 is 9.18 Å². The van der Waals surface area contributed by atoms with Crippen molar-refractivity contribution in [3.63, 3.8) is 0 Å². The summed E-state index contributed by atoms with van der Waals surface area (Å²) in [6, 6.07) is 13.1. The molecule has 0 radical (unpaired) electrons. The number of carbonyl (C=O) groups excluding carboxylic acids is 1. The minimum Gasteiger partial charge on any atom is -0.368 e. The molecule has 3 heterocycles. The van der Waals surface area contributed by atoms with Crippen LogP contribution in [0.1, 0.15) is 12.8 Å². The van der Waals surface area contributed by atoms with E-state index >= 15 is 0 Å². The first-order chi connectivity index (χ1) is 15.5. The lowest BCUT2D eigenvalue weighted by Gasteiger charge is -2.39. The quantitative estimate of drug-likeness (QED) is 0.633. The fraction of sp³-hybridized carbons (Fsp3) is 0.440. The number of hydrogen-bond donors (Lipinski definition) is 0. The van der Waals surface area contributed by atoms with Gasteiger partial charge in [0.1, 0.15) is 11.6 Å². The Kier molecular flexibility index (Phi) is 5.59. The van der Waals surface area contributed by atoms with E-state index in [0.717, 1.165) is 55.7 Å². The molecule has 6 nitrogen and oxygen atoms in total. The molecular weight excluding hydrogens is 405 g/mol. The van der Waals surface area contributed by atoms with Crippen LogP contribution in [-0.2, 0) is 11.8 Å². The number of amides is 1. The van der Waals surface area contributed by atoms with Crippen molar-refractivity contribution in [1.82, 2.24) is 19.4 Å². The van der Waals surface area contributed by atoms with E-state index in [-0.39, 0.29) is 11.7 Å². The lowest BCUT2D eigenvalue weighted by atomic mass is 9.95. The third-order valence-corrected chi connectivity index (χ3v) is 7.00. The molecular formula is C25H30FN5O. The number of rotatable bonds is 3. The predicted octanol–water partition coefficient (Wildman–Crippen LogP) is 3.37. The van der Waals surface area contributed by atoms with Crippen LogP contribution in [0.25, 0.3) is 22.4 Å². The van der Waals surface area contributed by atoms with E-state index in [2.05, 4.69) is 21.8 Å². The predicted molar refractivity (Wildman–Crippen MR) is 125 cm³/mol. The fourth-order valence-electron chi connectivity index (χ4n) is 4.97. The lowest BCUT2D eigenvalue weighted by Crippen LogP contribution is -2.51. The second-order valence-electron chi connectivity index (χ2n) is 9.04. The maximum Gasteiger partial charge on any atom is 0.225 e. The SMILES string of the molecule is CN1CCC(C(=O)N2CCN(c3ccc(F)c(-c4nc5ccccc5n4C)c3)CC2)CC1. The van der Waals surface area contributed by atoms with Crippen molar-refractivity contribution in [2.45, 2.75) is 12.8 Å². The van der Waals surface area contributed by atoms with E-state index in [4.69, 9.17) is 0 Å². The fourth-order valence-corrected chi connectivity index (χ4v) is 4.97. The summed E-state index contributed by atoms with van der Waals surface area (Å²) in [5.74, 6) is 0.815. The summed E-state index contributed by atoms with van der Waals surface area (Å²) in [5.41, 5.74) is 3.31. The number of hydrogen-bond acceptors (Lipinski definition) is 4. The Balaban J connectivity index is 1.31. The number of piperidine rings is 1. The summed E-state index contributed by atoms with van der Waals surface area (Å²) < 4.78 is 16.7. The molecule has 7 heteroatoms. The molecule has 0 atom stereocenters. The van der Waals surface area contributed by atoms with Crippen LogP contribution < -0.4 is 4.90 Å². The number of piperazine rings is 1. The zero-order chi connectivity index (χ0) is 22.2. The van der Waals surface area contributed by atoms with E-state index in [9.17, 15) is 9.18 Å². The number of halogens is 1. The summed E-state index contributed by atoms with van der Waals surface area (Å²) in [4.78, 5) is 24.2. The molecule has 5 rings (SSSR count). The number of aryl methyl sites for hydroxylation is 1. The molecule has 2 fully saturated rings. The third-order valence-electron chi connectivity index (χ3n) is 7.00. The van der Waals surface area contributed by atoms with Crippen molar-refractivity contribution in [3.05, 3.63) is 48.3 Å². The highest BCUT2D eigenvalue weighted by atomic mass is 19.1. The van der Waals surface area contributed by atoms with E-state index in [1.54, 1.807) is 0 Å². The van der Waals surface area contributed by atoms with E-state index < -0.39 is 0 Å². The number of nitrogens with zero attached hydrogens (tertiary/aromatic N) is 5. The number of para-hydroxylation sites is 2. The second-order valence-corrected chi connectivity index (χ2v) is 9.04. The van der Waals surface area contributed by atoms with Gasteiger partial charge in [-0.1, -0.05) is 12.1 Å². The largest absolute Gasteiger partial charge is 0.368 e. The van der Waals surface area contributed by atoms with Crippen LogP contribution in [0.3, 0.4) is 0 Å². The summed E-state index contributed by atoms with van der Waals surface area (Å²) in [6.07, 6.45) is 1.91. The van der Waals surface area contributed by atoms with Crippen molar-refractivity contribution in [1.29, 1.82) is 0 Å². The molecule has 1 aromatic heterocycles. The Labute approximate surface area is 188 Å². The molecule has 2 aliphatic heterocycles. The third kappa shape index (κ3) is 3.86. The number of likely N-dealkylation sites (tertiary alicyclic amines) is 1. The normalized spacial score (nSPS) is 18.5. The van der Waals surface area contributed by atoms with Crippen LogP contribution in [0.5, 0.6) is 0 Å². The van der Waals surface area contributed by atoms with Crippen molar-refractivity contribution in [3.8, 4) is 11.4 Å². The van der Waals surface area contributed by atoms with Crippen LogP contribution >= 0.6 is 0 Å². The van der Waals surface area contributed by atoms with E-state index in [0.29, 0.717) is 30.4 Å². The summed E-state index contributed by atoms with van der Waals surface area (Å²) in [6.45, 7) is 4.93. The monoisotopic (exact) mass is 435 g/mol. The molecule has 0 spiro atoms. The molecule has 2 aliphatic rings. The second kappa shape index (κ2) is 8.54. The number of anilines is 1. The summed E-state index contributed by atoms with van der Waals surface area (Å²) in [5, 5.41) is 0. The summed E-state index contributed by atoms with van der Waals surface area (Å²) in [7, 11) is 4.04. The van der Waals surface area contributed by atoms with E-state index in [1.165, 1.54) is 6.07 Å². The van der Waals surface area contributed by atoms with Crippen LogP contribution in [0, 0.1) is 11.7 Å². The molecule has 0 N–H and O–H groups in total. The van der Waals surface area contributed by atoms with Crippen LogP contribution in [0.2, 0.25) is 0 Å². The molecule has 2 aromatic carbocycles. The van der Waals surface area contributed by atoms with Gasteiger partial charge >= 0.3 is 0 Å². The van der Waals surface area contributed by atoms with Gasteiger partial charge in [-0.15, -0.1) is 0 Å². The Morgan fingerprint density at radius 2 is 1.69 bits per heavy atom. The molecule has 2 saturated heterocycles. The number of aromatic nitrogens is 2. The Hall–Kier alpha value is -2.93. The topological polar surface area (TPSA) is 44.6 Å². The number of fused-ring (bicyclic) bond motifs is 1. The van der Waals surface area contributed by atoms with Gasteiger partial charge in [0, 0.05) is 44.8 Å². The lowest BCUT2D eigenvalue weighted by molar-refractivity contribution is -0.137. The average Bonchev–Trinajstić information content (AvgIpc) is 3.16. The van der Waals surface area contributed by atoms with Crippen molar-refractivity contribution in [2.24, 2.45) is 13.0 Å². The van der Waals surface area contributed by atoms with Gasteiger partial charge in [0.05, 0.1) is 16.6 Å². The first-order valence-corrected chi connectivity index (χ1v) is 11.4. The highest BCUT2D eigenvalue weighted by Gasteiger charge is 2.30. The van der Waals surface area contributed by atoms with Gasteiger partial charge in [0.25, 0.3) is 0 Å². The molecule has 1 amide bonds. The first-order valence-electron chi connectivity index (χ1n) is 11.4. The summed E-state index contributed by atoms with van der Waals surface area (Å²) >= 11 is 0. The Bertz CT molecular complexity index is 1130. The average molecular weight is 436 g/mol. The molecule has 3 aromatic rings. The van der Waals surface area contributed by atoms with Crippen LogP contribution in [0.4, 0.5) is 10.1 Å². The van der Waals surface area contributed by atoms with Crippen LogP contribution in [-0.4, -0.2) is 71.6 Å². The molecule has 32 heavy (non-hydrogen) atoms. The van der Waals surface area contributed by atoms with Crippen molar-refractivity contribution in [2.75, 3.05) is 51.2 Å². The van der Waals surface area contributed by atoms with Crippen molar-refractivity contribution >= 4 is 22.6 Å². The molecule has 0 aliphatic carbocycles. The number of benzene rings is 2. The van der Waals surface area contributed by atoms with Gasteiger partial charge in [-0.2, -0.15) is 0 Å². The standard InChI is InChI=1S/C25H30FN5O/c1-28-11-9-18(10-12-28)25(32)31-15-13-30(14-16-31)19-7-8-21(26)20(17-19)24-27-22-5-3-4-6-23(22)29(24)2/h3-8,17-18H,9-16H2,1-2H3. The zero-order valence-electron chi connectivity index (χ0n) is 18.8.